The number of H-pyrrole nitrogens is 1. The van der Waals surface area contributed by atoms with Crippen molar-refractivity contribution in [3.05, 3.63) is 21.4 Å². The molecule has 2 rings (SSSR count). The first-order chi connectivity index (χ1) is 6.36. The molecule has 0 radical (unpaired) electrons. The van der Waals surface area contributed by atoms with Crippen LogP contribution in [0.25, 0.3) is 0 Å². The fourth-order valence-corrected chi connectivity index (χ4v) is 1.73. The Hall–Kier alpha value is -1.08. The normalized spacial score (nSPS) is 10.5. The number of aromatic nitrogens is 5. The summed E-state index contributed by atoms with van der Waals surface area (Å²) in [6.45, 7) is 0.749. The van der Waals surface area contributed by atoms with E-state index in [2.05, 4.69) is 20.5 Å². The van der Waals surface area contributed by atoms with Crippen LogP contribution in [-0.4, -0.2) is 25.2 Å². The Bertz CT molecular complexity index is 414. The average Bonchev–Trinajstić information content (AvgIpc) is 2.72. The zero-order chi connectivity index (χ0) is 9.10. The topological polar surface area (TPSA) is 59.4 Å². The van der Waals surface area contributed by atoms with E-state index >= 15 is 0 Å². The summed E-state index contributed by atoms with van der Waals surface area (Å²) in [6, 6.07) is 0. The molecule has 68 valence electrons. The Morgan fingerprint density at radius 3 is 3.15 bits per heavy atom. The molecule has 0 aliphatic heterocycles. The standard InChI is InChI=1S/C6H7N5S2/c12-6-8-9-10-11(6)3-1-5-7-2-4-13-5/h2,4H,1,3H2,(H,8,10,12). The van der Waals surface area contributed by atoms with Crippen LogP contribution in [0.3, 0.4) is 0 Å². The lowest BCUT2D eigenvalue weighted by molar-refractivity contribution is 0.582. The Morgan fingerprint density at radius 1 is 1.62 bits per heavy atom. The molecule has 0 amide bonds. The van der Waals surface area contributed by atoms with Gasteiger partial charge in [0, 0.05) is 24.5 Å². The predicted molar refractivity (Wildman–Crippen MR) is 51.0 cm³/mol. The Kier molecular flexibility index (Phi) is 2.46. The van der Waals surface area contributed by atoms with Crippen LogP contribution in [-0.2, 0) is 13.0 Å². The first-order valence-corrected chi connectivity index (χ1v) is 5.01. The van der Waals surface area contributed by atoms with Gasteiger partial charge >= 0.3 is 0 Å². The molecule has 0 fully saturated rings. The van der Waals surface area contributed by atoms with Crippen LogP contribution in [0.4, 0.5) is 0 Å². The minimum Gasteiger partial charge on any atom is -0.250 e. The molecule has 2 heterocycles. The predicted octanol–water partition coefficient (Wildman–Crippen LogP) is 1.03. The van der Waals surface area contributed by atoms with E-state index in [9.17, 15) is 0 Å². The smallest absolute Gasteiger partial charge is 0.238 e. The van der Waals surface area contributed by atoms with Crippen molar-refractivity contribution in [3.63, 3.8) is 0 Å². The molecule has 0 saturated carbocycles. The van der Waals surface area contributed by atoms with E-state index in [0.717, 1.165) is 18.0 Å². The second-order valence-electron chi connectivity index (χ2n) is 2.41. The summed E-state index contributed by atoms with van der Waals surface area (Å²) < 4.78 is 2.20. The van der Waals surface area contributed by atoms with Gasteiger partial charge in [0.15, 0.2) is 0 Å². The summed E-state index contributed by atoms with van der Waals surface area (Å²) in [6.07, 6.45) is 2.65. The van der Waals surface area contributed by atoms with Crippen LogP contribution in [0.1, 0.15) is 5.01 Å². The van der Waals surface area contributed by atoms with E-state index < -0.39 is 0 Å². The molecule has 7 heteroatoms. The highest BCUT2D eigenvalue weighted by atomic mass is 32.1. The Labute approximate surface area is 83.4 Å². The molecule has 0 saturated heterocycles. The fourth-order valence-electron chi connectivity index (χ4n) is 0.945. The van der Waals surface area contributed by atoms with Gasteiger partial charge in [0.05, 0.1) is 5.01 Å². The SMILES string of the molecule is S=c1nn[nH]n1CCc1nccs1. The molecule has 5 nitrogen and oxygen atoms in total. The molecule has 2 aromatic heterocycles. The van der Waals surface area contributed by atoms with E-state index in [1.165, 1.54) is 0 Å². The molecule has 13 heavy (non-hydrogen) atoms. The lowest BCUT2D eigenvalue weighted by Gasteiger charge is -1.96. The van der Waals surface area contributed by atoms with Crippen LogP contribution in [0, 0.1) is 4.77 Å². The highest BCUT2D eigenvalue weighted by Crippen LogP contribution is 2.05. The van der Waals surface area contributed by atoms with Crippen molar-refractivity contribution in [1.82, 2.24) is 25.2 Å². The molecular formula is C6H7N5S2. The number of aromatic amines is 1. The van der Waals surface area contributed by atoms with E-state index in [1.54, 1.807) is 22.2 Å². The van der Waals surface area contributed by atoms with Gasteiger partial charge in [-0.1, -0.05) is 10.3 Å². The van der Waals surface area contributed by atoms with E-state index in [-0.39, 0.29) is 0 Å². The summed E-state index contributed by atoms with van der Waals surface area (Å²) in [4.78, 5) is 4.16. The molecule has 0 aliphatic rings. The first-order valence-electron chi connectivity index (χ1n) is 3.72. The number of tetrazole rings is 1. The van der Waals surface area contributed by atoms with E-state index in [0.29, 0.717) is 4.77 Å². The third-order valence-electron chi connectivity index (χ3n) is 1.56. The maximum Gasteiger partial charge on any atom is 0.238 e. The number of hydrogen-bond acceptors (Lipinski definition) is 5. The zero-order valence-corrected chi connectivity index (χ0v) is 8.31. The number of nitrogens with zero attached hydrogens (tertiary/aromatic N) is 4. The van der Waals surface area contributed by atoms with E-state index in [1.807, 2.05) is 5.38 Å². The van der Waals surface area contributed by atoms with Crippen molar-refractivity contribution in [2.45, 2.75) is 13.0 Å². The van der Waals surface area contributed by atoms with Crippen LogP contribution >= 0.6 is 23.6 Å². The highest BCUT2D eigenvalue weighted by Gasteiger charge is 1.98. The Morgan fingerprint density at radius 2 is 2.54 bits per heavy atom. The minimum atomic E-state index is 0.483. The number of hydrogen-bond donors (Lipinski definition) is 1. The van der Waals surface area contributed by atoms with Gasteiger partial charge in [-0.15, -0.1) is 11.3 Å². The first kappa shape index (κ1) is 8.52. The summed E-state index contributed by atoms with van der Waals surface area (Å²) in [5, 5.41) is 13.0. The maximum absolute atomic E-state index is 4.92. The summed E-state index contributed by atoms with van der Waals surface area (Å²) in [7, 11) is 0. The number of rotatable bonds is 3. The van der Waals surface area contributed by atoms with Crippen LogP contribution < -0.4 is 0 Å². The molecule has 0 atom stereocenters. The lowest BCUT2D eigenvalue weighted by Crippen LogP contribution is -2.03. The van der Waals surface area contributed by atoms with Crippen LogP contribution in [0.5, 0.6) is 0 Å². The molecule has 2 aromatic rings. The second-order valence-corrected chi connectivity index (χ2v) is 3.75. The van der Waals surface area contributed by atoms with Crippen molar-refractivity contribution in [2.24, 2.45) is 0 Å². The van der Waals surface area contributed by atoms with Crippen molar-refractivity contribution < 1.29 is 0 Å². The van der Waals surface area contributed by atoms with Gasteiger partial charge < -0.3 is 0 Å². The van der Waals surface area contributed by atoms with Crippen molar-refractivity contribution >= 4 is 23.6 Å². The molecule has 0 unspecified atom stereocenters. The van der Waals surface area contributed by atoms with Crippen molar-refractivity contribution in [3.8, 4) is 0 Å². The molecule has 0 aromatic carbocycles. The molecular weight excluding hydrogens is 206 g/mol. The summed E-state index contributed by atoms with van der Waals surface area (Å²) in [5.41, 5.74) is 0. The molecule has 0 bridgehead atoms. The third kappa shape index (κ3) is 1.99. The van der Waals surface area contributed by atoms with Crippen LogP contribution in [0.15, 0.2) is 11.6 Å². The minimum absolute atomic E-state index is 0.483. The lowest BCUT2D eigenvalue weighted by atomic mass is 10.4. The summed E-state index contributed by atoms with van der Waals surface area (Å²) in [5.74, 6) is 0. The van der Waals surface area contributed by atoms with Gasteiger partial charge in [0.25, 0.3) is 0 Å². The van der Waals surface area contributed by atoms with Gasteiger partial charge in [0.2, 0.25) is 4.77 Å². The number of thiazole rings is 1. The van der Waals surface area contributed by atoms with Gasteiger partial charge in [-0.2, -0.15) is 5.21 Å². The molecule has 1 N–H and O–H groups in total. The monoisotopic (exact) mass is 213 g/mol. The molecule has 0 spiro atoms. The van der Waals surface area contributed by atoms with Gasteiger partial charge in [-0.3, -0.25) is 0 Å². The quantitative estimate of drug-likeness (QED) is 0.774. The summed E-state index contributed by atoms with van der Waals surface area (Å²) >= 11 is 6.56. The van der Waals surface area contributed by atoms with Crippen LogP contribution in [0.2, 0.25) is 0 Å². The van der Waals surface area contributed by atoms with Gasteiger partial charge in [-0.25, -0.2) is 9.67 Å². The third-order valence-corrected chi connectivity index (χ3v) is 2.71. The Balaban J connectivity index is 2.01. The van der Waals surface area contributed by atoms with Gasteiger partial charge in [-0.05, 0) is 12.2 Å². The van der Waals surface area contributed by atoms with Crippen molar-refractivity contribution in [2.75, 3.05) is 0 Å². The largest absolute Gasteiger partial charge is 0.250 e. The highest BCUT2D eigenvalue weighted by molar-refractivity contribution is 7.71. The molecule has 0 aliphatic carbocycles. The fraction of sp³-hybridized carbons (Fsp3) is 0.333. The van der Waals surface area contributed by atoms with Crippen molar-refractivity contribution in [1.29, 1.82) is 0 Å². The number of nitrogens with one attached hydrogen (secondary N) is 1. The van der Waals surface area contributed by atoms with Gasteiger partial charge in [0.1, 0.15) is 0 Å². The zero-order valence-electron chi connectivity index (χ0n) is 6.67. The number of aryl methyl sites for hydroxylation is 2. The maximum atomic E-state index is 4.92. The second kappa shape index (κ2) is 3.75. The van der Waals surface area contributed by atoms with E-state index in [4.69, 9.17) is 12.2 Å². The average molecular weight is 213 g/mol.